The second-order valence-electron chi connectivity index (χ2n) is 7.14. The maximum Gasteiger partial charge on any atom is 0.224 e. The Hall–Kier alpha value is -3.03. The molecule has 164 valence electrons. The second-order valence-corrected chi connectivity index (χ2v) is 7.58. The van der Waals surface area contributed by atoms with E-state index in [-0.39, 0.29) is 18.9 Å². The van der Waals surface area contributed by atoms with Crippen molar-refractivity contribution in [2.24, 2.45) is 0 Å². The number of aliphatic hydroxyl groups excluding tert-OH is 1. The molecular weight excluding hydrogens is 418 g/mol. The summed E-state index contributed by atoms with van der Waals surface area (Å²) in [4.78, 5) is 12.6. The van der Waals surface area contributed by atoms with Gasteiger partial charge in [0.05, 0.1) is 38.1 Å². The molecule has 0 radical (unpaired) electrons. The molecule has 1 atom stereocenters. The summed E-state index contributed by atoms with van der Waals surface area (Å²) in [5.74, 6) is 0.920. The van der Waals surface area contributed by atoms with Crippen LogP contribution in [-0.2, 0) is 11.2 Å². The third kappa shape index (κ3) is 5.18. The van der Waals surface area contributed by atoms with Gasteiger partial charge in [-0.1, -0.05) is 11.6 Å². The van der Waals surface area contributed by atoms with E-state index in [0.717, 1.165) is 22.6 Å². The van der Waals surface area contributed by atoms with Gasteiger partial charge in [-0.15, -0.1) is 0 Å². The summed E-state index contributed by atoms with van der Waals surface area (Å²) in [7, 11) is 3.08. The predicted octanol–water partition coefficient (Wildman–Crippen LogP) is 3.55. The Morgan fingerprint density at radius 1 is 1.16 bits per heavy atom. The largest absolute Gasteiger partial charge is 0.497 e. The van der Waals surface area contributed by atoms with E-state index < -0.39 is 6.10 Å². The number of carbonyl (C=O) groups excluding carboxylic acids is 1. The van der Waals surface area contributed by atoms with E-state index in [4.69, 9.17) is 21.1 Å². The lowest BCUT2D eigenvalue weighted by Crippen LogP contribution is -2.30. The molecule has 2 N–H and O–H groups in total. The van der Waals surface area contributed by atoms with Gasteiger partial charge in [0.1, 0.15) is 11.5 Å². The zero-order valence-corrected chi connectivity index (χ0v) is 18.7. The Morgan fingerprint density at radius 3 is 2.52 bits per heavy atom. The number of ether oxygens (including phenoxy) is 2. The molecule has 1 aromatic heterocycles. The van der Waals surface area contributed by atoms with Gasteiger partial charge < -0.3 is 19.9 Å². The summed E-state index contributed by atoms with van der Waals surface area (Å²) in [6.45, 7) is 3.84. The Balaban J connectivity index is 1.68. The Kier molecular flexibility index (Phi) is 7.20. The summed E-state index contributed by atoms with van der Waals surface area (Å²) >= 11 is 5.97. The van der Waals surface area contributed by atoms with Gasteiger partial charge in [-0.2, -0.15) is 5.10 Å². The van der Waals surface area contributed by atoms with E-state index in [1.54, 1.807) is 42.1 Å². The van der Waals surface area contributed by atoms with Crippen LogP contribution in [0.3, 0.4) is 0 Å². The number of aryl methyl sites for hydroxylation is 1. The maximum atomic E-state index is 12.6. The average molecular weight is 444 g/mol. The Bertz CT molecular complexity index is 1060. The van der Waals surface area contributed by atoms with Crippen molar-refractivity contribution in [3.63, 3.8) is 0 Å². The zero-order chi connectivity index (χ0) is 22.5. The van der Waals surface area contributed by atoms with E-state index in [0.29, 0.717) is 22.1 Å². The van der Waals surface area contributed by atoms with Crippen LogP contribution in [0.1, 0.15) is 28.6 Å². The first-order chi connectivity index (χ1) is 14.8. The number of rotatable bonds is 8. The number of benzene rings is 2. The van der Waals surface area contributed by atoms with Crippen molar-refractivity contribution in [2.75, 3.05) is 20.8 Å². The molecule has 0 aliphatic carbocycles. The van der Waals surface area contributed by atoms with Gasteiger partial charge in [0, 0.05) is 28.4 Å². The zero-order valence-electron chi connectivity index (χ0n) is 18.0. The molecule has 0 bridgehead atoms. The van der Waals surface area contributed by atoms with Crippen molar-refractivity contribution in [3.05, 3.63) is 70.0 Å². The van der Waals surface area contributed by atoms with Gasteiger partial charge in [-0.3, -0.25) is 4.79 Å². The smallest absolute Gasteiger partial charge is 0.224 e. The fourth-order valence-electron chi connectivity index (χ4n) is 3.41. The number of hydrogen-bond acceptors (Lipinski definition) is 5. The molecule has 3 rings (SSSR count). The van der Waals surface area contributed by atoms with Crippen LogP contribution in [0.5, 0.6) is 11.5 Å². The van der Waals surface area contributed by atoms with Crippen molar-refractivity contribution >= 4 is 17.5 Å². The van der Waals surface area contributed by atoms with Crippen molar-refractivity contribution in [2.45, 2.75) is 26.4 Å². The van der Waals surface area contributed by atoms with Crippen LogP contribution in [0.25, 0.3) is 5.69 Å². The van der Waals surface area contributed by atoms with Crippen LogP contribution in [0.15, 0.2) is 42.5 Å². The lowest BCUT2D eigenvalue weighted by atomic mass is 10.1. The highest BCUT2D eigenvalue weighted by Crippen LogP contribution is 2.29. The number of carbonyl (C=O) groups is 1. The van der Waals surface area contributed by atoms with Crippen LogP contribution in [0, 0.1) is 13.8 Å². The molecule has 31 heavy (non-hydrogen) atoms. The molecule has 0 aliphatic rings. The quantitative estimate of drug-likeness (QED) is 0.556. The van der Waals surface area contributed by atoms with E-state index in [2.05, 4.69) is 10.4 Å². The molecule has 1 unspecified atom stereocenters. The first-order valence-corrected chi connectivity index (χ1v) is 10.2. The first kappa shape index (κ1) is 22.7. The maximum absolute atomic E-state index is 12.6. The van der Waals surface area contributed by atoms with E-state index in [1.807, 2.05) is 26.0 Å². The minimum absolute atomic E-state index is 0.0474. The number of amides is 1. The van der Waals surface area contributed by atoms with Gasteiger partial charge in [0.25, 0.3) is 0 Å². The molecule has 1 amide bonds. The van der Waals surface area contributed by atoms with Crippen LogP contribution in [-0.4, -0.2) is 41.6 Å². The molecule has 0 aliphatic heterocycles. The number of aromatic nitrogens is 2. The molecule has 0 saturated heterocycles. The van der Waals surface area contributed by atoms with Crippen LogP contribution in [0.2, 0.25) is 5.02 Å². The van der Waals surface area contributed by atoms with E-state index in [9.17, 15) is 9.90 Å². The number of aliphatic hydroxyl groups is 1. The van der Waals surface area contributed by atoms with Crippen LogP contribution in [0.4, 0.5) is 0 Å². The average Bonchev–Trinajstić information content (AvgIpc) is 3.05. The van der Waals surface area contributed by atoms with Crippen molar-refractivity contribution in [3.8, 4) is 17.2 Å². The molecule has 7 nitrogen and oxygen atoms in total. The predicted molar refractivity (Wildman–Crippen MR) is 119 cm³/mol. The normalized spacial score (nSPS) is 11.8. The number of nitrogens with one attached hydrogen (secondary N) is 1. The van der Waals surface area contributed by atoms with Crippen molar-refractivity contribution < 1.29 is 19.4 Å². The monoisotopic (exact) mass is 443 g/mol. The lowest BCUT2D eigenvalue weighted by molar-refractivity contribution is -0.120. The minimum Gasteiger partial charge on any atom is -0.497 e. The van der Waals surface area contributed by atoms with Crippen LogP contribution >= 0.6 is 11.6 Å². The highest BCUT2D eigenvalue weighted by molar-refractivity contribution is 6.30. The number of halogens is 1. The number of methoxy groups -OCH3 is 2. The molecule has 0 spiro atoms. The summed E-state index contributed by atoms with van der Waals surface area (Å²) < 4.78 is 12.3. The van der Waals surface area contributed by atoms with Gasteiger partial charge in [0.15, 0.2) is 0 Å². The third-order valence-electron chi connectivity index (χ3n) is 5.14. The first-order valence-electron chi connectivity index (χ1n) is 9.81. The molecule has 2 aromatic carbocycles. The summed E-state index contributed by atoms with van der Waals surface area (Å²) in [6.07, 6.45) is -0.777. The second kappa shape index (κ2) is 9.85. The topological polar surface area (TPSA) is 85.6 Å². The van der Waals surface area contributed by atoms with Crippen LogP contribution < -0.4 is 14.8 Å². The molecule has 8 heteroatoms. The molecular formula is C23H26ClN3O4. The SMILES string of the molecule is COc1ccc(OC)c(C(O)CNC(=O)Cc2c(C)nn(-c3ccc(Cl)cc3)c2C)c1. The third-order valence-corrected chi connectivity index (χ3v) is 5.39. The highest BCUT2D eigenvalue weighted by atomic mass is 35.5. The van der Waals surface area contributed by atoms with E-state index >= 15 is 0 Å². The van der Waals surface area contributed by atoms with Gasteiger partial charge >= 0.3 is 0 Å². The lowest BCUT2D eigenvalue weighted by Gasteiger charge is -2.16. The van der Waals surface area contributed by atoms with Crippen molar-refractivity contribution in [1.82, 2.24) is 15.1 Å². The molecule has 1 heterocycles. The molecule has 0 fully saturated rings. The molecule has 3 aromatic rings. The fraction of sp³-hybridized carbons (Fsp3) is 0.304. The summed E-state index contributed by atoms with van der Waals surface area (Å²) in [6, 6.07) is 12.5. The van der Waals surface area contributed by atoms with Crippen molar-refractivity contribution in [1.29, 1.82) is 0 Å². The Morgan fingerprint density at radius 2 is 1.87 bits per heavy atom. The Labute approximate surface area is 186 Å². The minimum atomic E-state index is -0.937. The van der Waals surface area contributed by atoms with Gasteiger partial charge in [0.2, 0.25) is 5.91 Å². The summed E-state index contributed by atoms with van der Waals surface area (Å²) in [5, 5.41) is 18.6. The van der Waals surface area contributed by atoms with Gasteiger partial charge in [-0.05, 0) is 56.3 Å². The number of hydrogen-bond donors (Lipinski definition) is 2. The van der Waals surface area contributed by atoms with E-state index in [1.165, 1.54) is 7.11 Å². The fourth-order valence-corrected chi connectivity index (χ4v) is 3.53. The highest BCUT2D eigenvalue weighted by Gasteiger charge is 2.19. The summed E-state index contributed by atoms with van der Waals surface area (Å²) in [5.41, 5.74) is 3.92. The van der Waals surface area contributed by atoms with Gasteiger partial charge in [-0.25, -0.2) is 4.68 Å². The standard InChI is InChI=1S/C23H26ClN3O4/c1-14-19(15(2)27(26-14)17-7-5-16(24)6-8-17)12-23(29)25-13-21(28)20-11-18(30-3)9-10-22(20)31-4/h5-11,21,28H,12-13H2,1-4H3,(H,25,29). The molecule has 0 saturated carbocycles. The number of nitrogens with zero attached hydrogens (tertiary/aromatic N) is 2.